The Kier molecular flexibility index (Phi) is 4.03. The molecule has 1 saturated carbocycles. The lowest BCUT2D eigenvalue weighted by molar-refractivity contribution is -0.156. The van der Waals surface area contributed by atoms with Crippen LogP contribution < -0.4 is 0 Å². The lowest BCUT2D eigenvalue weighted by atomic mass is 9.89. The van der Waals surface area contributed by atoms with Gasteiger partial charge in [0.05, 0.1) is 0 Å². The number of esters is 1. The molecule has 0 aromatic heterocycles. The van der Waals surface area contributed by atoms with Gasteiger partial charge in [0.1, 0.15) is 5.60 Å². The second-order valence-corrected chi connectivity index (χ2v) is 6.48. The first-order valence-electron chi connectivity index (χ1n) is 6.42. The van der Waals surface area contributed by atoms with Crippen LogP contribution in [0.3, 0.4) is 0 Å². The molecule has 0 aliphatic heterocycles. The molecule has 16 heavy (non-hydrogen) atoms. The van der Waals surface area contributed by atoms with E-state index in [0.717, 1.165) is 11.8 Å². The van der Waals surface area contributed by atoms with E-state index in [0.29, 0.717) is 18.3 Å². The van der Waals surface area contributed by atoms with Crippen LogP contribution in [0.15, 0.2) is 0 Å². The standard InChI is InChI=1S/C14H26O2/c1-9-7-12(11(3)10(9)2)8-13(15)16-14(4,5)6/h9-12H,7-8H2,1-6H3. The molecule has 1 rings (SSSR count). The molecule has 0 saturated heterocycles. The van der Waals surface area contributed by atoms with E-state index in [1.807, 2.05) is 20.8 Å². The minimum atomic E-state index is -0.351. The van der Waals surface area contributed by atoms with Crippen molar-refractivity contribution in [1.29, 1.82) is 0 Å². The lowest BCUT2D eigenvalue weighted by Gasteiger charge is -2.22. The van der Waals surface area contributed by atoms with Gasteiger partial charge in [-0.25, -0.2) is 0 Å². The van der Waals surface area contributed by atoms with Gasteiger partial charge in [-0.3, -0.25) is 4.79 Å². The number of hydrogen-bond donors (Lipinski definition) is 0. The zero-order valence-electron chi connectivity index (χ0n) is 11.5. The van der Waals surface area contributed by atoms with Crippen LogP contribution >= 0.6 is 0 Å². The molecule has 4 atom stereocenters. The molecule has 0 spiro atoms. The van der Waals surface area contributed by atoms with Gasteiger partial charge >= 0.3 is 5.97 Å². The van der Waals surface area contributed by atoms with Crippen LogP contribution in [-0.4, -0.2) is 11.6 Å². The Bertz CT molecular complexity index is 252. The Balaban J connectivity index is 2.47. The maximum absolute atomic E-state index is 11.8. The summed E-state index contributed by atoms with van der Waals surface area (Å²) in [6.45, 7) is 12.6. The molecule has 0 aromatic rings. The molecule has 0 amide bonds. The summed E-state index contributed by atoms with van der Waals surface area (Å²) in [5.74, 6) is 2.59. The Morgan fingerprint density at radius 2 is 1.75 bits per heavy atom. The van der Waals surface area contributed by atoms with Crippen molar-refractivity contribution < 1.29 is 9.53 Å². The molecular formula is C14H26O2. The second kappa shape index (κ2) is 4.77. The van der Waals surface area contributed by atoms with Gasteiger partial charge in [-0.05, 0) is 50.9 Å². The van der Waals surface area contributed by atoms with Gasteiger partial charge in [0.25, 0.3) is 0 Å². The Labute approximate surface area is 99.8 Å². The van der Waals surface area contributed by atoms with Gasteiger partial charge in [0.15, 0.2) is 0 Å². The number of ether oxygens (including phenoxy) is 1. The summed E-state index contributed by atoms with van der Waals surface area (Å²) in [4.78, 5) is 11.8. The van der Waals surface area contributed by atoms with E-state index in [-0.39, 0.29) is 11.6 Å². The molecule has 0 N–H and O–H groups in total. The predicted molar refractivity (Wildman–Crippen MR) is 66.1 cm³/mol. The third kappa shape index (κ3) is 3.50. The van der Waals surface area contributed by atoms with Crippen LogP contribution in [0.4, 0.5) is 0 Å². The Morgan fingerprint density at radius 3 is 2.12 bits per heavy atom. The van der Waals surface area contributed by atoms with Gasteiger partial charge in [0, 0.05) is 6.42 Å². The SMILES string of the molecule is CC1CC(CC(=O)OC(C)(C)C)C(C)C1C. The van der Waals surface area contributed by atoms with Crippen molar-refractivity contribution in [3.63, 3.8) is 0 Å². The number of hydrogen-bond acceptors (Lipinski definition) is 2. The first kappa shape index (κ1) is 13.5. The Hall–Kier alpha value is -0.530. The first-order chi connectivity index (χ1) is 7.20. The first-order valence-corrected chi connectivity index (χ1v) is 6.42. The van der Waals surface area contributed by atoms with Crippen molar-refractivity contribution in [3.8, 4) is 0 Å². The van der Waals surface area contributed by atoms with Crippen molar-refractivity contribution >= 4 is 5.97 Å². The lowest BCUT2D eigenvalue weighted by Crippen LogP contribution is -2.26. The summed E-state index contributed by atoms with van der Waals surface area (Å²) in [6, 6.07) is 0. The number of rotatable bonds is 2. The summed E-state index contributed by atoms with van der Waals surface area (Å²) in [5, 5.41) is 0. The van der Waals surface area contributed by atoms with E-state index < -0.39 is 0 Å². The summed E-state index contributed by atoms with van der Waals surface area (Å²) in [7, 11) is 0. The maximum Gasteiger partial charge on any atom is 0.306 e. The second-order valence-electron chi connectivity index (χ2n) is 6.48. The highest BCUT2D eigenvalue weighted by Gasteiger charge is 2.36. The Morgan fingerprint density at radius 1 is 1.19 bits per heavy atom. The average molecular weight is 226 g/mol. The summed E-state index contributed by atoms with van der Waals surface area (Å²) >= 11 is 0. The quantitative estimate of drug-likeness (QED) is 0.672. The third-order valence-electron chi connectivity index (χ3n) is 3.99. The van der Waals surface area contributed by atoms with Crippen molar-refractivity contribution in [2.45, 2.75) is 60.0 Å². The summed E-state index contributed by atoms with van der Waals surface area (Å²) < 4.78 is 5.38. The van der Waals surface area contributed by atoms with Crippen LogP contribution in [0.2, 0.25) is 0 Å². The van der Waals surface area contributed by atoms with Crippen molar-refractivity contribution in [1.82, 2.24) is 0 Å². The molecule has 0 aromatic carbocycles. The van der Waals surface area contributed by atoms with E-state index in [2.05, 4.69) is 20.8 Å². The zero-order valence-corrected chi connectivity index (χ0v) is 11.5. The fourth-order valence-corrected chi connectivity index (χ4v) is 2.72. The van der Waals surface area contributed by atoms with Gasteiger partial charge in [-0.15, -0.1) is 0 Å². The highest BCUT2D eigenvalue weighted by Crippen LogP contribution is 2.42. The third-order valence-corrected chi connectivity index (χ3v) is 3.99. The van der Waals surface area contributed by atoms with E-state index in [9.17, 15) is 4.79 Å². The van der Waals surface area contributed by atoms with Gasteiger partial charge in [-0.2, -0.15) is 0 Å². The van der Waals surface area contributed by atoms with Gasteiger partial charge in [-0.1, -0.05) is 20.8 Å². The van der Waals surface area contributed by atoms with Crippen LogP contribution in [0.5, 0.6) is 0 Å². The van der Waals surface area contributed by atoms with E-state index >= 15 is 0 Å². The minimum absolute atomic E-state index is 0.0364. The monoisotopic (exact) mass is 226 g/mol. The maximum atomic E-state index is 11.8. The van der Waals surface area contributed by atoms with E-state index in [4.69, 9.17) is 4.74 Å². The van der Waals surface area contributed by atoms with Crippen LogP contribution in [-0.2, 0) is 9.53 Å². The van der Waals surface area contributed by atoms with Crippen LogP contribution in [0.1, 0.15) is 54.4 Å². The highest BCUT2D eigenvalue weighted by atomic mass is 16.6. The minimum Gasteiger partial charge on any atom is -0.460 e. The molecule has 0 bridgehead atoms. The topological polar surface area (TPSA) is 26.3 Å². The van der Waals surface area contributed by atoms with Crippen molar-refractivity contribution in [2.24, 2.45) is 23.7 Å². The molecule has 1 aliphatic carbocycles. The number of carbonyl (C=O) groups excluding carboxylic acids is 1. The van der Waals surface area contributed by atoms with Gasteiger partial charge in [0.2, 0.25) is 0 Å². The molecule has 0 radical (unpaired) electrons. The van der Waals surface area contributed by atoms with Gasteiger partial charge < -0.3 is 4.74 Å². The molecule has 2 nitrogen and oxygen atoms in total. The van der Waals surface area contributed by atoms with E-state index in [1.165, 1.54) is 6.42 Å². The summed E-state index contributed by atoms with van der Waals surface area (Å²) in [5.41, 5.74) is -0.351. The fraction of sp³-hybridized carbons (Fsp3) is 0.929. The molecule has 2 heteroatoms. The molecular weight excluding hydrogens is 200 g/mol. The van der Waals surface area contributed by atoms with E-state index in [1.54, 1.807) is 0 Å². The zero-order chi connectivity index (χ0) is 12.5. The summed E-state index contributed by atoms with van der Waals surface area (Å²) in [6.07, 6.45) is 1.76. The largest absolute Gasteiger partial charge is 0.460 e. The molecule has 1 aliphatic rings. The molecule has 4 unspecified atom stereocenters. The van der Waals surface area contributed by atoms with Crippen molar-refractivity contribution in [2.75, 3.05) is 0 Å². The smallest absolute Gasteiger partial charge is 0.306 e. The number of carbonyl (C=O) groups is 1. The predicted octanol–water partition coefficient (Wildman–Crippen LogP) is 3.65. The average Bonchev–Trinajstić information content (AvgIpc) is 2.30. The highest BCUT2D eigenvalue weighted by molar-refractivity contribution is 5.70. The molecule has 94 valence electrons. The normalized spacial score (nSPS) is 35.1. The molecule has 1 fully saturated rings. The van der Waals surface area contributed by atoms with Crippen LogP contribution in [0, 0.1) is 23.7 Å². The van der Waals surface area contributed by atoms with Crippen molar-refractivity contribution in [3.05, 3.63) is 0 Å². The van der Waals surface area contributed by atoms with Crippen LogP contribution in [0.25, 0.3) is 0 Å². The molecule has 0 heterocycles. The fourth-order valence-electron chi connectivity index (χ4n) is 2.72.